The lowest BCUT2D eigenvalue weighted by molar-refractivity contribution is -0.113. The van der Waals surface area contributed by atoms with Crippen molar-refractivity contribution >= 4 is 23.4 Å². The van der Waals surface area contributed by atoms with E-state index in [1.165, 1.54) is 17.3 Å². The summed E-state index contributed by atoms with van der Waals surface area (Å²) < 4.78 is 7.56. The number of hydrogen-bond donors (Lipinski definition) is 1. The Morgan fingerprint density at radius 3 is 2.87 bits per heavy atom. The molecule has 1 N–H and O–H groups in total. The summed E-state index contributed by atoms with van der Waals surface area (Å²) >= 11 is 1.37. The van der Waals surface area contributed by atoms with Crippen LogP contribution in [-0.2, 0) is 28.9 Å². The normalized spacial score (nSPS) is 18.3. The molecule has 2 aliphatic rings. The van der Waals surface area contributed by atoms with Crippen LogP contribution in [0.15, 0.2) is 28.0 Å². The van der Waals surface area contributed by atoms with Crippen LogP contribution in [0.3, 0.4) is 0 Å². The quantitative estimate of drug-likeness (QED) is 0.563. The molecule has 2 aromatic rings. The van der Waals surface area contributed by atoms with Crippen LogP contribution in [0.25, 0.3) is 0 Å². The van der Waals surface area contributed by atoms with Gasteiger partial charge in [-0.1, -0.05) is 29.5 Å². The van der Waals surface area contributed by atoms with Gasteiger partial charge in [0.2, 0.25) is 5.91 Å². The molecule has 6 nitrogen and oxygen atoms in total. The van der Waals surface area contributed by atoms with Crippen molar-refractivity contribution in [2.75, 3.05) is 17.7 Å². The highest BCUT2D eigenvalue weighted by Gasteiger charge is 2.24. The molecule has 2 heterocycles. The molecule has 1 unspecified atom stereocenters. The van der Waals surface area contributed by atoms with Crippen LogP contribution in [0, 0.1) is 13.8 Å². The zero-order chi connectivity index (χ0) is 21.1. The van der Waals surface area contributed by atoms with Gasteiger partial charge in [-0.3, -0.25) is 9.36 Å². The average molecular weight is 428 g/mol. The molecule has 1 saturated heterocycles. The van der Waals surface area contributed by atoms with Crippen LogP contribution in [-0.4, -0.2) is 33.9 Å². The van der Waals surface area contributed by atoms with Crippen molar-refractivity contribution < 1.29 is 9.53 Å². The molecule has 1 aromatic heterocycles. The molecule has 30 heavy (non-hydrogen) atoms. The zero-order valence-corrected chi connectivity index (χ0v) is 18.5. The van der Waals surface area contributed by atoms with E-state index in [4.69, 9.17) is 4.74 Å². The van der Waals surface area contributed by atoms with Crippen molar-refractivity contribution in [3.05, 3.63) is 51.1 Å². The second-order valence-electron chi connectivity index (χ2n) is 8.23. The molecule has 0 radical (unpaired) electrons. The lowest BCUT2D eigenvalue weighted by Crippen LogP contribution is -2.34. The monoisotopic (exact) mass is 427 g/mol. The first kappa shape index (κ1) is 21.1. The summed E-state index contributed by atoms with van der Waals surface area (Å²) in [5, 5.41) is 3.69. The largest absolute Gasteiger partial charge is 0.376 e. The maximum Gasteiger partial charge on any atom is 0.348 e. The Labute approximate surface area is 181 Å². The Bertz CT molecular complexity index is 996. The molecule has 160 valence electrons. The highest BCUT2D eigenvalue weighted by molar-refractivity contribution is 8.00. The average Bonchev–Trinajstić information content (AvgIpc) is 3.24. The number of ether oxygens (including phenoxy) is 1. The first-order chi connectivity index (χ1) is 14.5. The third kappa shape index (κ3) is 4.78. The zero-order valence-electron chi connectivity index (χ0n) is 17.7. The fourth-order valence-electron chi connectivity index (χ4n) is 4.32. The number of nitrogens with zero attached hydrogens (tertiary/aromatic N) is 2. The maximum absolute atomic E-state index is 12.8. The van der Waals surface area contributed by atoms with Gasteiger partial charge in [-0.05, 0) is 64.0 Å². The van der Waals surface area contributed by atoms with Crippen molar-refractivity contribution in [1.29, 1.82) is 0 Å². The molecule has 1 aromatic carbocycles. The number of amides is 1. The van der Waals surface area contributed by atoms with E-state index in [1.807, 2.05) is 30.5 Å². The van der Waals surface area contributed by atoms with E-state index in [9.17, 15) is 9.59 Å². The van der Waals surface area contributed by atoms with Crippen molar-refractivity contribution in [2.45, 2.75) is 70.0 Å². The number of rotatable bonds is 6. The van der Waals surface area contributed by atoms with Gasteiger partial charge in [0.15, 0.2) is 0 Å². The van der Waals surface area contributed by atoms with Crippen molar-refractivity contribution in [1.82, 2.24) is 9.55 Å². The Morgan fingerprint density at radius 2 is 2.10 bits per heavy atom. The molecule has 1 atom stereocenters. The second kappa shape index (κ2) is 9.35. The Balaban J connectivity index is 1.49. The molecule has 1 aliphatic heterocycles. The molecule has 1 fully saturated rings. The number of nitrogens with one attached hydrogen (secondary N) is 1. The Morgan fingerprint density at radius 1 is 1.27 bits per heavy atom. The summed E-state index contributed by atoms with van der Waals surface area (Å²) in [7, 11) is 0. The van der Waals surface area contributed by atoms with Crippen LogP contribution >= 0.6 is 11.8 Å². The van der Waals surface area contributed by atoms with E-state index in [-0.39, 0.29) is 23.5 Å². The van der Waals surface area contributed by atoms with Crippen molar-refractivity contribution in [3.8, 4) is 0 Å². The van der Waals surface area contributed by atoms with Gasteiger partial charge in [-0.15, -0.1) is 0 Å². The van der Waals surface area contributed by atoms with Crippen LogP contribution < -0.4 is 11.0 Å². The van der Waals surface area contributed by atoms with Crippen LogP contribution in [0.2, 0.25) is 0 Å². The Kier molecular flexibility index (Phi) is 6.58. The predicted octanol–water partition coefficient (Wildman–Crippen LogP) is 3.65. The minimum absolute atomic E-state index is 0.0816. The Hall–Kier alpha value is -2.12. The van der Waals surface area contributed by atoms with Gasteiger partial charge in [-0.2, -0.15) is 4.98 Å². The summed E-state index contributed by atoms with van der Waals surface area (Å²) in [6.45, 7) is 5.39. The molecule has 0 bridgehead atoms. The summed E-state index contributed by atoms with van der Waals surface area (Å²) in [5.41, 5.74) is 5.05. The number of aromatic nitrogens is 2. The van der Waals surface area contributed by atoms with Crippen LogP contribution in [0.5, 0.6) is 0 Å². The van der Waals surface area contributed by atoms with Gasteiger partial charge in [0.05, 0.1) is 18.4 Å². The first-order valence-electron chi connectivity index (χ1n) is 10.8. The minimum atomic E-state index is -0.219. The van der Waals surface area contributed by atoms with Gasteiger partial charge in [-0.25, -0.2) is 4.79 Å². The lowest BCUT2D eigenvalue weighted by atomic mass is 9.97. The van der Waals surface area contributed by atoms with E-state index >= 15 is 0 Å². The van der Waals surface area contributed by atoms with Crippen molar-refractivity contribution in [2.24, 2.45) is 0 Å². The van der Waals surface area contributed by atoms with Gasteiger partial charge in [0, 0.05) is 23.6 Å². The number of benzene rings is 1. The third-order valence-electron chi connectivity index (χ3n) is 5.86. The fraction of sp³-hybridized carbons (Fsp3) is 0.522. The number of carbonyl (C=O) groups is 1. The maximum atomic E-state index is 12.8. The molecule has 1 aliphatic carbocycles. The molecule has 1 amide bonds. The number of hydrogen-bond acceptors (Lipinski definition) is 5. The standard InChI is InChI=1S/C23H29N3O3S/c1-15-9-10-19(16(2)12-15)24-21(27)14-30-22-18-7-3-4-8-20(18)26(23(28)25-22)13-17-6-5-11-29-17/h9-10,12,17H,3-8,11,13-14H2,1-2H3,(H,24,27). The lowest BCUT2D eigenvalue weighted by Gasteiger charge is -2.24. The second-order valence-corrected chi connectivity index (χ2v) is 9.20. The minimum Gasteiger partial charge on any atom is -0.376 e. The fourth-order valence-corrected chi connectivity index (χ4v) is 5.20. The van der Waals surface area contributed by atoms with Crippen molar-refractivity contribution in [3.63, 3.8) is 0 Å². The predicted molar refractivity (Wildman–Crippen MR) is 119 cm³/mol. The molecular weight excluding hydrogens is 398 g/mol. The topological polar surface area (TPSA) is 73.2 Å². The summed E-state index contributed by atoms with van der Waals surface area (Å²) in [5.74, 6) is 0.156. The number of carbonyl (C=O) groups excluding carboxylic acids is 1. The van der Waals surface area contributed by atoms with Crippen LogP contribution in [0.1, 0.15) is 48.1 Å². The number of fused-ring (bicyclic) bond motifs is 1. The number of anilines is 1. The molecular formula is C23H29N3O3S. The van der Waals surface area contributed by atoms with Gasteiger partial charge in [0.25, 0.3) is 0 Å². The number of aryl methyl sites for hydroxylation is 2. The molecule has 0 spiro atoms. The summed E-state index contributed by atoms with van der Waals surface area (Å²) in [4.78, 5) is 29.7. The van der Waals surface area contributed by atoms with Gasteiger partial charge >= 0.3 is 5.69 Å². The molecule has 4 rings (SSSR count). The summed E-state index contributed by atoms with van der Waals surface area (Å²) in [6.07, 6.45) is 6.14. The highest BCUT2D eigenvalue weighted by atomic mass is 32.2. The number of thioether (sulfide) groups is 1. The van der Waals surface area contributed by atoms with Gasteiger partial charge < -0.3 is 10.1 Å². The van der Waals surface area contributed by atoms with E-state index in [1.54, 1.807) is 0 Å². The third-order valence-corrected chi connectivity index (χ3v) is 6.87. The van der Waals surface area contributed by atoms with Gasteiger partial charge in [0.1, 0.15) is 5.03 Å². The SMILES string of the molecule is Cc1ccc(NC(=O)CSc2nc(=O)n(CC3CCCO3)c3c2CCCC3)c(C)c1. The van der Waals surface area contributed by atoms with E-state index in [0.29, 0.717) is 11.6 Å². The smallest absolute Gasteiger partial charge is 0.348 e. The van der Waals surface area contributed by atoms with E-state index in [0.717, 1.165) is 67.6 Å². The van der Waals surface area contributed by atoms with Crippen LogP contribution in [0.4, 0.5) is 5.69 Å². The first-order valence-corrected chi connectivity index (χ1v) is 11.7. The molecule has 7 heteroatoms. The van der Waals surface area contributed by atoms with E-state index in [2.05, 4.69) is 16.4 Å². The highest BCUT2D eigenvalue weighted by Crippen LogP contribution is 2.29. The molecule has 0 saturated carbocycles. The van der Waals surface area contributed by atoms with E-state index < -0.39 is 0 Å². The summed E-state index contributed by atoms with van der Waals surface area (Å²) in [6, 6.07) is 5.97.